The number of aromatic nitrogens is 2. The summed E-state index contributed by atoms with van der Waals surface area (Å²) < 4.78 is 1.78. The van der Waals surface area contributed by atoms with Gasteiger partial charge < -0.3 is 10.2 Å². The van der Waals surface area contributed by atoms with Crippen LogP contribution in [0.2, 0.25) is 5.02 Å². The molecule has 1 aliphatic rings. The van der Waals surface area contributed by atoms with Crippen LogP contribution in [-0.4, -0.2) is 46.8 Å². The quantitative estimate of drug-likeness (QED) is 0.940. The maximum atomic E-state index is 12.8. The third kappa shape index (κ3) is 3.26. The Morgan fingerprint density at radius 3 is 2.78 bits per heavy atom. The van der Waals surface area contributed by atoms with Gasteiger partial charge in [0.05, 0.1) is 23.1 Å². The number of hydrogen-bond acceptors (Lipinski definition) is 3. The molecule has 1 amide bonds. The molecule has 1 aliphatic heterocycles. The van der Waals surface area contributed by atoms with E-state index in [0.717, 1.165) is 37.3 Å². The van der Waals surface area contributed by atoms with E-state index in [9.17, 15) is 4.79 Å². The van der Waals surface area contributed by atoms with Crippen molar-refractivity contribution in [1.82, 2.24) is 20.0 Å². The normalized spacial score (nSPS) is 18.2. The Hall–Kier alpha value is -1.85. The van der Waals surface area contributed by atoms with Crippen LogP contribution in [0.5, 0.6) is 0 Å². The van der Waals surface area contributed by atoms with E-state index in [1.54, 1.807) is 10.9 Å². The van der Waals surface area contributed by atoms with Gasteiger partial charge in [0.15, 0.2) is 0 Å². The third-order valence-corrected chi connectivity index (χ3v) is 4.68. The molecule has 2 aromatic rings. The van der Waals surface area contributed by atoms with Gasteiger partial charge in [0.2, 0.25) is 0 Å². The summed E-state index contributed by atoms with van der Waals surface area (Å²) in [6.45, 7) is 3.48. The zero-order valence-electron chi connectivity index (χ0n) is 13.4. The van der Waals surface area contributed by atoms with Crippen molar-refractivity contribution in [3.63, 3.8) is 0 Å². The molecule has 5 nitrogen and oxygen atoms in total. The molecule has 1 fully saturated rings. The van der Waals surface area contributed by atoms with Gasteiger partial charge in [0.1, 0.15) is 0 Å². The summed E-state index contributed by atoms with van der Waals surface area (Å²) in [6, 6.07) is 7.81. The lowest BCUT2D eigenvalue weighted by atomic mass is 10.0. The smallest absolute Gasteiger partial charge is 0.257 e. The fraction of sp³-hybridized carbons (Fsp3) is 0.412. The second kappa shape index (κ2) is 6.72. The van der Waals surface area contributed by atoms with E-state index in [4.69, 9.17) is 11.6 Å². The number of nitrogens with one attached hydrogen (secondary N) is 1. The second-order valence-electron chi connectivity index (χ2n) is 5.91. The van der Waals surface area contributed by atoms with Crippen LogP contribution in [0.1, 0.15) is 28.9 Å². The lowest BCUT2D eigenvalue weighted by Gasteiger charge is -2.32. The monoisotopic (exact) mass is 332 g/mol. The molecular formula is C17H21ClN4O. The summed E-state index contributed by atoms with van der Waals surface area (Å²) in [7, 11) is 1.95. The predicted molar refractivity (Wildman–Crippen MR) is 91.3 cm³/mol. The van der Waals surface area contributed by atoms with E-state index in [0.29, 0.717) is 16.6 Å². The Morgan fingerprint density at radius 2 is 2.09 bits per heavy atom. The van der Waals surface area contributed by atoms with Crippen molar-refractivity contribution in [2.75, 3.05) is 20.1 Å². The molecule has 1 saturated heterocycles. The Balaban J connectivity index is 1.83. The van der Waals surface area contributed by atoms with E-state index in [1.807, 2.05) is 43.1 Å². The largest absolute Gasteiger partial charge is 0.337 e. The number of amides is 1. The van der Waals surface area contributed by atoms with Crippen molar-refractivity contribution >= 4 is 17.5 Å². The molecule has 1 aromatic carbocycles. The molecule has 1 unspecified atom stereocenters. The summed E-state index contributed by atoms with van der Waals surface area (Å²) in [5.74, 6) is 0.0580. The molecule has 1 aromatic heterocycles. The topological polar surface area (TPSA) is 50.2 Å². The molecule has 0 saturated carbocycles. The maximum absolute atomic E-state index is 12.8. The van der Waals surface area contributed by atoms with Crippen molar-refractivity contribution in [3.8, 4) is 5.69 Å². The van der Waals surface area contributed by atoms with Gasteiger partial charge in [-0.2, -0.15) is 5.10 Å². The first-order valence-electron chi connectivity index (χ1n) is 7.87. The number of carbonyl (C=O) groups excluding carboxylic acids is 1. The van der Waals surface area contributed by atoms with Gasteiger partial charge in [-0.3, -0.25) is 4.79 Å². The highest BCUT2D eigenvalue weighted by Crippen LogP contribution is 2.20. The minimum atomic E-state index is 0.0580. The number of halogens is 1. The third-order valence-electron chi connectivity index (χ3n) is 4.43. The van der Waals surface area contributed by atoms with Crippen molar-refractivity contribution in [1.29, 1.82) is 0 Å². The number of rotatable bonds is 3. The molecule has 122 valence electrons. The van der Waals surface area contributed by atoms with E-state index in [-0.39, 0.29) is 5.91 Å². The minimum Gasteiger partial charge on any atom is -0.337 e. The zero-order chi connectivity index (χ0) is 16.4. The van der Waals surface area contributed by atoms with Crippen LogP contribution >= 0.6 is 11.6 Å². The minimum absolute atomic E-state index is 0.0580. The van der Waals surface area contributed by atoms with Gasteiger partial charge in [-0.05, 0) is 51.1 Å². The van der Waals surface area contributed by atoms with Gasteiger partial charge in [-0.15, -0.1) is 0 Å². The van der Waals surface area contributed by atoms with Crippen molar-refractivity contribution in [3.05, 3.63) is 46.7 Å². The van der Waals surface area contributed by atoms with Crippen LogP contribution in [0.15, 0.2) is 30.5 Å². The molecule has 23 heavy (non-hydrogen) atoms. The van der Waals surface area contributed by atoms with Crippen molar-refractivity contribution in [2.24, 2.45) is 0 Å². The van der Waals surface area contributed by atoms with E-state index < -0.39 is 0 Å². The SMILES string of the molecule is CNC1CCCN(C(=O)c2cnn(-c3ccc(Cl)cc3)c2C)C1. The summed E-state index contributed by atoms with van der Waals surface area (Å²) in [5, 5.41) is 8.33. The van der Waals surface area contributed by atoms with Crippen LogP contribution in [0.25, 0.3) is 5.69 Å². The van der Waals surface area contributed by atoms with E-state index >= 15 is 0 Å². The van der Waals surface area contributed by atoms with Gasteiger partial charge in [0, 0.05) is 24.2 Å². The van der Waals surface area contributed by atoms with Gasteiger partial charge >= 0.3 is 0 Å². The average molecular weight is 333 g/mol. The molecule has 1 atom stereocenters. The highest BCUT2D eigenvalue weighted by atomic mass is 35.5. The molecule has 3 rings (SSSR count). The molecule has 0 bridgehead atoms. The van der Waals surface area contributed by atoms with Crippen LogP contribution in [-0.2, 0) is 0 Å². The Kier molecular flexibility index (Phi) is 4.68. The average Bonchev–Trinajstić information content (AvgIpc) is 2.96. The Bertz CT molecular complexity index is 695. The number of likely N-dealkylation sites (N-methyl/N-ethyl adjacent to an activating group) is 1. The molecule has 1 N–H and O–H groups in total. The molecule has 0 radical (unpaired) electrons. The highest BCUT2D eigenvalue weighted by Gasteiger charge is 2.26. The number of piperidine rings is 1. The second-order valence-corrected chi connectivity index (χ2v) is 6.35. The summed E-state index contributed by atoms with van der Waals surface area (Å²) in [5.41, 5.74) is 2.42. The van der Waals surface area contributed by atoms with Crippen LogP contribution < -0.4 is 5.32 Å². The fourth-order valence-corrected chi connectivity index (χ4v) is 3.16. The number of nitrogens with zero attached hydrogens (tertiary/aromatic N) is 3. The van der Waals surface area contributed by atoms with E-state index in [2.05, 4.69) is 10.4 Å². The number of likely N-dealkylation sites (tertiary alicyclic amines) is 1. The van der Waals surface area contributed by atoms with Crippen LogP contribution in [0.3, 0.4) is 0 Å². The fourth-order valence-electron chi connectivity index (χ4n) is 3.03. The molecular weight excluding hydrogens is 312 g/mol. The Labute approximate surface area is 141 Å². The van der Waals surface area contributed by atoms with Crippen LogP contribution in [0.4, 0.5) is 0 Å². The zero-order valence-corrected chi connectivity index (χ0v) is 14.2. The Morgan fingerprint density at radius 1 is 1.35 bits per heavy atom. The number of benzene rings is 1. The lowest BCUT2D eigenvalue weighted by molar-refractivity contribution is 0.0697. The van der Waals surface area contributed by atoms with Gasteiger partial charge in [-0.1, -0.05) is 11.6 Å². The number of carbonyl (C=O) groups is 1. The first-order chi connectivity index (χ1) is 11.1. The first kappa shape index (κ1) is 16.0. The summed E-state index contributed by atoms with van der Waals surface area (Å²) in [6.07, 6.45) is 3.81. The summed E-state index contributed by atoms with van der Waals surface area (Å²) >= 11 is 5.93. The molecule has 2 heterocycles. The van der Waals surface area contributed by atoms with E-state index in [1.165, 1.54) is 0 Å². The highest BCUT2D eigenvalue weighted by molar-refractivity contribution is 6.30. The van der Waals surface area contributed by atoms with Crippen molar-refractivity contribution < 1.29 is 4.79 Å². The first-order valence-corrected chi connectivity index (χ1v) is 8.25. The standard InChI is InChI=1S/C17H21ClN4O/c1-12-16(17(23)21-9-3-4-14(11-21)19-2)10-20-22(12)15-7-5-13(18)6-8-15/h5-8,10,14,19H,3-4,9,11H2,1-2H3. The maximum Gasteiger partial charge on any atom is 0.257 e. The predicted octanol–water partition coefficient (Wildman–Crippen LogP) is 2.66. The molecule has 6 heteroatoms. The number of hydrogen-bond donors (Lipinski definition) is 1. The van der Waals surface area contributed by atoms with Crippen molar-refractivity contribution in [2.45, 2.75) is 25.8 Å². The summed E-state index contributed by atoms with van der Waals surface area (Å²) in [4.78, 5) is 14.7. The lowest BCUT2D eigenvalue weighted by Crippen LogP contribution is -2.47. The van der Waals surface area contributed by atoms with Gasteiger partial charge in [0.25, 0.3) is 5.91 Å². The molecule has 0 spiro atoms. The van der Waals surface area contributed by atoms with Crippen LogP contribution in [0, 0.1) is 6.92 Å². The molecule has 0 aliphatic carbocycles. The van der Waals surface area contributed by atoms with Gasteiger partial charge in [-0.25, -0.2) is 4.68 Å².